The number of nitrogens with one attached hydrogen (secondary N) is 1. The summed E-state index contributed by atoms with van der Waals surface area (Å²) in [5.74, 6) is 1.06. The maximum absolute atomic E-state index is 14.3. The van der Waals surface area contributed by atoms with Crippen molar-refractivity contribution in [3.05, 3.63) is 101 Å². The minimum atomic E-state index is -0.462. The fraction of sp³-hybridized carbons (Fsp3) is 0.138. The van der Waals surface area contributed by atoms with Gasteiger partial charge in [0.05, 0.1) is 24.4 Å². The molecule has 0 unspecified atom stereocenters. The van der Waals surface area contributed by atoms with Crippen LogP contribution in [0.2, 0.25) is 0 Å². The van der Waals surface area contributed by atoms with Crippen molar-refractivity contribution < 1.29 is 9.73 Å². The maximum atomic E-state index is 14.3. The molecule has 1 atom stereocenters. The van der Waals surface area contributed by atoms with E-state index in [1.807, 2.05) is 73.7 Å². The van der Waals surface area contributed by atoms with Crippen LogP contribution >= 0.6 is 0 Å². The minimum absolute atomic E-state index is 0.129. The number of fused-ring (bicyclic) bond motifs is 1. The largest absolute Gasteiger partial charge is 0.495 e. The molecule has 0 saturated carbocycles. The molecule has 4 aromatic rings. The van der Waals surface area contributed by atoms with E-state index in [1.54, 1.807) is 31.0 Å². The number of nitrogens with zero attached hydrogens (tertiary/aromatic N) is 4. The summed E-state index contributed by atoms with van der Waals surface area (Å²) in [5.41, 5.74) is 14.3. The lowest BCUT2D eigenvalue weighted by molar-refractivity contribution is -0.506. The van der Waals surface area contributed by atoms with Crippen LogP contribution in [-0.2, 0) is 0 Å². The number of rotatable bonds is 6. The van der Waals surface area contributed by atoms with Crippen molar-refractivity contribution in [1.29, 1.82) is 5.26 Å². The van der Waals surface area contributed by atoms with Gasteiger partial charge in [0, 0.05) is 30.6 Å². The van der Waals surface area contributed by atoms with Gasteiger partial charge in [0.2, 0.25) is 5.84 Å². The van der Waals surface area contributed by atoms with Gasteiger partial charge in [0.1, 0.15) is 17.9 Å². The third kappa shape index (κ3) is 5.15. The number of ether oxygens (including phenoxy) is 1. The molecule has 9 heteroatoms. The van der Waals surface area contributed by atoms with Crippen LogP contribution < -0.4 is 26.8 Å². The number of amidine groups is 2. The summed E-state index contributed by atoms with van der Waals surface area (Å²) >= 11 is 0. The van der Waals surface area contributed by atoms with Crippen molar-refractivity contribution in [2.45, 2.75) is 19.9 Å². The molecule has 4 rings (SSSR count). The zero-order valence-electron chi connectivity index (χ0n) is 21.3. The second kappa shape index (κ2) is 11.2. The highest BCUT2D eigenvalue weighted by molar-refractivity contribution is 6.04. The first-order chi connectivity index (χ1) is 18.4. The fourth-order valence-corrected chi connectivity index (χ4v) is 4.26. The van der Waals surface area contributed by atoms with Gasteiger partial charge in [-0.1, -0.05) is 36.4 Å². The first-order valence-corrected chi connectivity index (χ1v) is 11.9. The highest BCUT2D eigenvalue weighted by atomic mass is 16.5. The number of aliphatic imine (C=N–C) groups is 1. The van der Waals surface area contributed by atoms with E-state index in [9.17, 15) is 10.1 Å². The van der Waals surface area contributed by atoms with Crippen LogP contribution in [0.5, 0.6) is 5.75 Å². The van der Waals surface area contributed by atoms with E-state index in [1.165, 1.54) is 6.20 Å². The summed E-state index contributed by atoms with van der Waals surface area (Å²) in [5, 5.41) is 10.8. The zero-order chi connectivity index (χ0) is 27.2. The van der Waals surface area contributed by atoms with E-state index < -0.39 is 6.04 Å². The molecule has 0 fully saturated rings. The van der Waals surface area contributed by atoms with Crippen LogP contribution in [-0.4, -0.2) is 28.3 Å². The Balaban J connectivity index is 2.04. The lowest BCUT2D eigenvalue weighted by Gasteiger charge is -2.18. The van der Waals surface area contributed by atoms with Crippen LogP contribution in [0, 0.1) is 11.3 Å². The van der Waals surface area contributed by atoms with Gasteiger partial charge in [-0.05, 0) is 47.1 Å². The van der Waals surface area contributed by atoms with Gasteiger partial charge in [0.15, 0.2) is 5.57 Å². The summed E-state index contributed by atoms with van der Waals surface area (Å²) in [6.07, 6.45) is 4.49. The Bertz CT molecular complexity index is 1680. The predicted octanol–water partition coefficient (Wildman–Crippen LogP) is 2.34. The number of hydrogen-bond donors (Lipinski definition) is 3. The topological polar surface area (TPSA) is 146 Å². The lowest BCUT2D eigenvalue weighted by atomic mass is 9.98. The molecule has 0 aliphatic heterocycles. The van der Waals surface area contributed by atoms with E-state index in [4.69, 9.17) is 16.2 Å². The van der Waals surface area contributed by atoms with E-state index in [0.29, 0.717) is 22.5 Å². The number of methoxy groups -OCH3 is 1. The first kappa shape index (κ1) is 25.9. The predicted molar refractivity (Wildman–Crippen MR) is 149 cm³/mol. The van der Waals surface area contributed by atoms with Crippen molar-refractivity contribution in [2.75, 3.05) is 7.11 Å². The van der Waals surface area contributed by atoms with E-state index in [0.717, 1.165) is 16.5 Å². The third-order valence-corrected chi connectivity index (χ3v) is 5.98. The average Bonchev–Trinajstić information content (AvgIpc) is 2.93. The van der Waals surface area contributed by atoms with Crippen LogP contribution in [0.1, 0.15) is 25.6 Å². The summed E-state index contributed by atoms with van der Waals surface area (Å²) in [7, 11) is 1.58. The Morgan fingerprint density at radius 3 is 2.61 bits per heavy atom. The SMILES string of the molecule is COc1cncc(-c2cccc3cc([C@H](C)[NH+]=C(N=C(C)N)C(C#N)=CN)n(-c4ccccc4)c(=O)c23)c1. The molecule has 2 aromatic carbocycles. The molecule has 5 N–H and O–H groups in total. The molecule has 0 saturated heterocycles. The second-order valence-corrected chi connectivity index (χ2v) is 8.59. The molecular weight excluding hydrogens is 478 g/mol. The molecule has 0 spiro atoms. The smallest absolute Gasteiger partial charge is 0.338 e. The first-order valence-electron chi connectivity index (χ1n) is 11.9. The second-order valence-electron chi connectivity index (χ2n) is 8.59. The van der Waals surface area contributed by atoms with Gasteiger partial charge >= 0.3 is 5.84 Å². The van der Waals surface area contributed by atoms with Gasteiger partial charge in [0.25, 0.3) is 5.56 Å². The van der Waals surface area contributed by atoms with Gasteiger partial charge in [-0.25, -0.2) is 0 Å². The van der Waals surface area contributed by atoms with Gasteiger partial charge < -0.3 is 16.2 Å². The Morgan fingerprint density at radius 2 is 1.95 bits per heavy atom. The number of nitrogens with two attached hydrogens (primary N) is 2. The summed E-state index contributed by atoms with van der Waals surface area (Å²) < 4.78 is 7.01. The van der Waals surface area contributed by atoms with Gasteiger partial charge in [-0.2, -0.15) is 5.26 Å². The molecule has 0 aliphatic carbocycles. The molecule has 190 valence electrons. The molecule has 0 radical (unpaired) electrons. The third-order valence-electron chi connectivity index (χ3n) is 5.98. The van der Waals surface area contributed by atoms with Crippen LogP contribution in [0.25, 0.3) is 27.6 Å². The normalized spacial score (nSPS) is 13.3. The molecular formula is C29H28N7O2+. The molecule has 0 aliphatic rings. The molecule has 38 heavy (non-hydrogen) atoms. The number of pyridine rings is 2. The standard InChI is InChI=1S/C29H27N7O2/c1-18(34-28(35-19(2)32)22(14-30)15-31)26-13-20-8-7-11-25(21-12-24(38-3)17-33-16-21)27(20)29(37)36(26)23-9-5-4-6-10-23/h4-14,16-18H,30H2,1-3H3,(H2,32,34,35)/p+1/t18-/m0/s1. The molecule has 0 bridgehead atoms. The van der Waals surface area contributed by atoms with Crippen molar-refractivity contribution >= 4 is 22.4 Å². The number of hydrogen-bond acceptors (Lipinski definition) is 5. The zero-order valence-corrected chi connectivity index (χ0v) is 21.3. The molecule has 2 heterocycles. The number of para-hydroxylation sites is 1. The van der Waals surface area contributed by atoms with Crippen molar-refractivity contribution in [3.8, 4) is 28.6 Å². The van der Waals surface area contributed by atoms with Gasteiger partial charge in [-0.15, -0.1) is 0 Å². The summed E-state index contributed by atoms with van der Waals surface area (Å²) in [6.45, 7) is 3.49. The molecule has 9 nitrogen and oxygen atoms in total. The Labute approximate surface area is 220 Å². The Morgan fingerprint density at radius 1 is 1.18 bits per heavy atom. The summed E-state index contributed by atoms with van der Waals surface area (Å²) in [6, 6.07) is 20.4. The quantitative estimate of drug-likeness (QED) is 0.208. The van der Waals surface area contributed by atoms with Crippen molar-refractivity contribution in [1.82, 2.24) is 9.55 Å². The van der Waals surface area contributed by atoms with Crippen molar-refractivity contribution in [3.63, 3.8) is 0 Å². The average molecular weight is 507 g/mol. The van der Waals surface area contributed by atoms with Crippen LogP contribution in [0.4, 0.5) is 0 Å². The number of benzene rings is 2. The maximum Gasteiger partial charge on any atom is 0.338 e. The van der Waals surface area contributed by atoms with Gasteiger partial charge in [-0.3, -0.25) is 19.3 Å². The summed E-state index contributed by atoms with van der Waals surface area (Å²) in [4.78, 5) is 26.0. The van der Waals surface area contributed by atoms with Crippen LogP contribution in [0.3, 0.4) is 0 Å². The minimum Gasteiger partial charge on any atom is -0.495 e. The number of aromatic nitrogens is 2. The fourth-order valence-electron chi connectivity index (χ4n) is 4.26. The monoisotopic (exact) mass is 506 g/mol. The molecule has 2 aromatic heterocycles. The Hall–Kier alpha value is -5.23. The highest BCUT2D eigenvalue weighted by Crippen LogP contribution is 2.30. The lowest BCUT2D eigenvalue weighted by Crippen LogP contribution is -2.74. The van der Waals surface area contributed by atoms with Crippen LogP contribution in [0.15, 0.2) is 94.6 Å². The van der Waals surface area contributed by atoms with E-state index in [2.05, 4.69) is 15.0 Å². The van der Waals surface area contributed by atoms with E-state index in [-0.39, 0.29) is 22.8 Å². The highest BCUT2D eigenvalue weighted by Gasteiger charge is 2.22. The Kier molecular flexibility index (Phi) is 7.63. The van der Waals surface area contributed by atoms with E-state index >= 15 is 0 Å². The molecule has 0 amide bonds. The van der Waals surface area contributed by atoms with Crippen molar-refractivity contribution in [2.24, 2.45) is 16.5 Å². The number of nitriles is 1.